The first-order chi connectivity index (χ1) is 10.2. The highest BCUT2D eigenvalue weighted by Gasteiger charge is 2.21. The van der Waals surface area contributed by atoms with Gasteiger partial charge in [0.25, 0.3) is 0 Å². The second-order valence-corrected chi connectivity index (χ2v) is 4.90. The van der Waals surface area contributed by atoms with Crippen molar-refractivity contribution in [2.24, 2.45) is 7.05 Å². The van der Waals surface area contributed by atoms with Crippen LogP contribution in [-0.4, -0.2) is 21.5 Å². The Hall–Kier alpha value is -2.33. The summed E-state index contributed by atoms with van der Waals surface area (Å²) in [5.74, 6) is 0.697. The van der Waals surface area contributed by atoms with Gasteiger partial charge in [-0.3, -0.25) is 4.68 Å². The van der Waals surface area contributed by atoms with Gasteiger partial charge in [0.2, 0.25) is 0 Å². The van der Waals surface area contributed by atoms with Crippen molar-refractivity contribution < 1.29 is 9.84 Å². The van der Waals surface area contributed by atoms with Crippen LogP contribution in [0.3, 0.4) is 0 Å². The zero-order chi connectivity index (χ0) is 14.8. The number of fused-ring (bicyclic) bond motifs is 1. The molecule has 0 amide bonds. The highest BCUT2D eigenvalue weighted by atomic mass is 16.5. The van der Waals surface area contributed by atoms with Crippen molar-refractivity contribution in [2.45, 2.75) is 13.0 Å². The number of para-hydroxylation sites is 2. The van der Waals surface area contributed by atoms with Crippen LogP contribution < -0.4 is 4.74 Å². The van der Waals surface area contributed by atoms with Crippen LogP contribution in [0.2, 0.25) is 0 Å². The number of hydrogen-bond acceptors (Lipinski definition) is 3. The van der Waals surface area contributed by atoms with Crippen LogP contribution in [-0.2, 0) is 7.05 Å². The summed E-state index contributed by atoms with van der Waals surface area (Å²) >= 11 is 0. The van der Waals surface area contributed by atoms with Crippen LogP contribution >= 0.6 is 0 Å². The van der Waals surface area contributed by atoms with E-state index in [9.17, 15) is 5.11 Å². The smallest absolute Gasteiger partial charge is 0.127 e. The largest absolute Gasteiger partial charge is 0.493 e. The van der Waals surface area contributed by atoms with Crippen LogP contribution in [0.1, 0.15) is 24.3 Å². The molecular weight excluding hydrogens is 264 g/mol. The topological polar surface area (TPSA) is 47.3 Å². The lowest BCUT2D eigenvalue weighted by Gasteiger charge is -2.14. The van der Waals surface area contributed by atoms with Crippen LogP contribution in [0, 0.1) is 0 Å². The molecule has 0 fully saturated rings. The van der Waals surface area contributed by atoms with E-state index in [-0.39, 0.29) is 0 Å². The van der Waals surface area contributed by atoms with Gasteiger partial charge in [0.15, 0.2) is 0 Å². The molecule has 1 unspecified atom stereocenters. The highest BCUT2D eigenvalue weighted by molar-refractivity contribution is 5.82. The van der Waals surface area contributed by atoms with E-state index in [1.165, 1.54) is 0 Å². The minimum absolute atomic E-state index is 0.562. The molecule has 1 heterocycles. The van der Waals surface area contributed by atoms with Crippen molar-refractivity contribution in [3.05, 3.63) is 59.8 Å². The van der Waals surface area contributed by atoms with Gasteiger partial charge in [-0.25, -0.2) is 0 Å². The lowest BCUT2D eigenvalue weighted by atomic mass is 10.0. The fourth-order valence-electron chi connectivity index (χ4n) is 2.58. The van der Waals surface area contributed by atoms with E-state index in [1.807, 2.05) is 62.5 Å². The highest BCUT2D eigenvalue weighted by Crippen LogP contribution is 2.32. The summed E-state index contributed by atoms with van der Waals surface area (Å²) in [5.41, 5.74) is 2.39. The van der Waals surface area contributed by atoms with Gasteiger partial charge in [0, 0.05) is 18.0 Å². The lowest BCUT2D eigenvalue weighted by Crippen LogP contribution is -2.05. The minimum atomic E-state index is -0.807. The maximum Gasteiger partial charge on any atom is 0.127 e. The Bertz CT molecular complexity index is 764. The average Bonchev–Trinajstić information content (AvgIpc) is 2.85. The van der Waals surface area contributed by atoms with Crippen LogP contribution in [0.25, 0.3) is 10.9 Å². The third kappa shape index (κ3) is 2.38. The molecule has 0 aliphatic carbocycles. The molecule has 1 atom stereocenters. The van der Waals surface area contributed by atoms with Gasteiger partial charge in [-0.15, -0.1) is 0 Å². The van der Waals surface area contributed by atoms with Crippen molar-refractivity contribution in [1.82, 2.24) is 9.78 Å². The molecule has 108 valence electrons. The number of hydrogen-bond donors (Lipinski definition) is 1. The molecule has 2 aromatic carbocycles. The number of aliphatic hydroxyl groups excluding tert-OH is 1. The van der Waals surface area contributed by atoms with Crippen molar-refractivity contribution in [3.8, 4) is 5.75 Å². The van der Waals surface area contributed by atoms with E-state index in [2.05, 4.69) is 5.10 Å². The monoisotopic (exact) mass is 282 g/mol. The Morgan fingerprint density at radius 3 is 2.67 bits per heavy atom. The van der Waals surface area contributed by atoms with Gasteiger partial charge < -0.3 is 9.84 Å². The summed E-state index contributed by atoms with van der Waals surface area (Å²) in [7, 11) is 1.88. The fraction of sp³-hybridized carbons (Fsp3) is 0.235. The number of ether oxygens (including phenoxy) is 1. The number of aromatic nitrogens is 2. The van der Waals surface area contributed by atoms with Gasteiger partial charge in [0.05, 0.1) is 12.1 Å². The number of aryl methyl sites for hydroxylation is 1. The quantitative estimate of drug-likeness (QED) is 0.800. The fourth-order valence-corrected chi connectivity index (χ4v) is 2.58. The number of benzene rings is 2. The third-order valence-corrected chi connectivity index (χ3v) is 3.56. The van der Waals surface area contributed by atoms with Crippen LogP contribution in [0.4, 0.5) is 0 Å². The molecule has 0 spiro atoms. The molecule has 1 N–H and O–H groups in total. The zero-order valence-corrected chi connectivity index (χ0v) is 12.2. The van der Waals surface area contributed by atoms with Crippen molar-refractivity contribution in [2.75, 3.05) is 6.61 Å². The summed E-state index contributed by atoms with van der Waals surface area (Å²) in [4.78, 5) is 0. The Kier molecular flexibility index (Phi) is 3.62. The molecule has 0 aliphatic rings. The predicted octanol–water partition coefficient (Wildman–Crippen LogP) is 3.05. The van der Waals surface area contributed by atoms with Gasteiger partial charge in [-0.1, -0.05) is 36.4 Å². The molecule has 3 rings (SSSR count). The van der Waals surface area contributed by atoms with E-state index in [0.29, 0.717) is 18.1 Å². The van der Waals surface area contributed by atoms with Gasteiger partial charge in [-0.05, 0) is 19.1 Å². The first kappa shape index (κ1) is 13.6. The normalized spacial score (nSPS) is 12.5. The first-order valence-electron chi connectivity index (χ1n) is 7.03. The average molecular weight is 282 g/mol. The minimum Gasteiger partial charge on any atom is -0.493 e. The third-order valence-electron chi connectivity index (χ3n) is 3.56. The number of aliphatic hydroxyl groups is 1. The summed E-state index contributed by atoms with van der Waals surface area (Å²) in [6, 6.07) is 15.4. The molecule has 0 bridgehead atoms. The molecule has 4 heteroatoms. The Morgan fingerprint density at radius 1 is 1.14 bits per heavy atom. The summed E-state index contributed by atoms with van der Waals surface area (Å²) < 4.78 is 7.39. The van der Waals surface area contributed by atoms with Gasteiger partial charge in [-0.2, -0.15) is 5.10 Å². The molecule has 1 aromatic heterocycles. The Balaban J connectivity index is 2.11. The maximum absolute atomic E-state index is 10.8. The van der Waals surface area contributed by atoms with Crippen LogP contribution in [0.15, 0.2) is 48.5 Å². The van der Waals surface area contributed by atoms with Gasteiger partial charge in [0.1, 0.15) is 17.5 Å². The van der Waals surface area contributed by atoms with Crippen molar-refractivity contribution in [3.63, 3.8) is 0 Å². The summed E-state index contributed by atoms with van der Waals surface area (Å²) in [6.45, 7) is 2.49. The Morgan fingerprint density at radius 2 is 1.86 bits per heavy atom. The zero-order valence-electron chi connectivity index (χ0n) is 12.2. The van der Waals surface area contributed by atoms with E-state index < -0.39 is 6.10 Å². The molecule has 0 radical (unpaired) electrons. The van der Waals surface area contributed by atoms with E-state index in [4.69, 9.17) is 4.74 Å². The second kappa shape index (κ2) is 5.58. The van der Waals surface area contributed by atoms with E-state index >= 15 is 0 Å². The maximum atomic E-state index is 10.8. The van der Waals surface area contributed by atoms with Gasteiger partial charge >= 0.3 is 0 Å². The first-order valence-corrected chi connectivity index (χ1v) is 7.03. The van der Waals surface area contributed by atoms with Crippen molar-refractivity contribution >= 4 is 10.9 Å². The van der Waals surface area contributed by atoms with Crippen molar-refractivity contribution in [1.29, 1.82) is 0 Å². The standard InChI is InChI=1S/C17H18N2O2/c1-3-21-15-11-7-5-9-13(15)17(20)16-12-8-4-6-10-14(12)19(2)18-16/h4-11,17,20H,3H2,1-2H3. The predicted molar refractivity (Wildman–Crippen MR) is 82.4 cm³/mol. The van der Waals surface area contributed by atoms with E-state index in [0.717, 1.165) is 16.5 Å². The summed E-state index contributed by atoms with van der Waals surface area (Å²) in [5, 5.41) is 16.2. The molecular formula is C17H18N2O2. The lowest BCUT2D eigenvalue weighted by molar-refractivity contribution is 0.207. The summed E-state index contributed by atoms with van der Waals surface area (Å²) in [6.07, 6.45) is -0.807. The Labute approximate surface area is 123 Å². The number of nitrogens with zero attached hydrogens (tertiary/aromatic N) is 2. The molecule has 21 heavy (non-hydrogen) atoms. The van der Waals surface area contributed by atoms with Crippen LogP contribution in [0.5, 0.6) is 5.75 Å². The molecule has 0 saturated heterocycles. The molecule has 0 saturated carbocycles. The SMILES string of the molecule is CCOc1ccccc1C(O)c1nn(C)c2ccccc12. The molecule has 3 aromatic rings. The molecule has 4 nitrogen and oxygen atoms in total. The number of rotatable bonds is 4. The van der Waals surface area contributed by atoms with E-state index in [1.54, 1.807) is 4.68 Å². The molecule has 0 aliphatic heterocycles. The second-order valence-electron chi connectivity index (χ2n) is 4.90.